The summed E-state index contributed by atoms with van der Waals surface area (Å²) in [5, 5.41) is 9.98. The van der Waals surface area contributed by atoms with Crippen molar-refractivity contribution in [3.63, 3.8) is 0 Å². The van der Waals surface area contributed by atoms with Crippen molar-refractivity contribution < 1.29 is 37.7 Å². The summed E-state index contributed by atoms with van der Waals surface area (Å²) in [6.45, 7) is 2.13. The van der Waals surface area contributed by atoms with Gasteiger partial charge >= 0.3 is 17.6 Å². The van der Waals surface area contributed by atoms with Crippen LogP contribution in [0.2, 0.25) is 0 Å². The van der Waals surface area contributed by atoms with Crippen molar-refractivity contribution in [1.29, 1.82) is 5.26 Å². The number of benzene rings is 1. The molecule has 0 amide bonds. The summed E-state index contributed by atoms with van der Waals surface area (Å²) >= 11 is 0. The summed E-state index contributed by atoms with van der Waals surface area (Å²) in [5.41, 5.74) is 4.79. The number of nitrogens with one attached hydrogen (secondary N) is 1. The Morgan fingerprint density at radius 2 is 1.88 bits per heavy atom. The SMILES string of the molecule is CC(=O)OC[C@H]1O[C@@H](n2cc(C3C(C#N)=C(N)OC4=C3C(=O)CC(c3ccc(F)cc3)C4)c(=O)[nH]c2=O)C[C@@H]1OC(C)=O. The lowest BCUT2D eigenvalue weighted by atomic mass is 9.74. The Balaban J connectivity index is 1.54. The van der Waals surface area contributed by atoms with Crippen molar-refractivity contribution in [2.24, 2.45) is 5.73 Å². The molecule has 1 fully saturated rings. The first-order valence-corrected chi connectivity index (χ1v) is 13.4. The zero-order chi connectivity index (χ0) is 31.0. The van der Waals surface area contributed by atoms with E-state index in [0.717, 1.165) is 4.57 Å². The Morgan fingerprint density at radius 1 is 1.16 bits per heavy atom. The van der Waals surface area contributed by atoms with Gasteiger partial charge in [-0.05, 0) is 23.6 Å². The first-order chi connectivity index (χ1) is 20.5. The number of hydrogen-bond acceptors (Lipinski definition) is 11. The van der Waals surface area contributed by atoms with Crippen LogP contribution in [-0.4, -0.2) is 46.1 Å². The molecule has 0 saturated carbocycles. The van der Waals surface area contributed by atoms with Gasteiger partial charge in [-0.25, -0.2) is 9.18 Å². The number of ether oxygens (including phenoxy) is 4. The molecule has 3 heterocycles. The highest BCUT2D eigenvalue weighted by molar-refractivity contribution is 6.00. The molecule has 1 saturated heterocycles. The maximum absolute atomic E-state index is 13.6. The van der Waals surface area contributed by atoms with Gasteiger partial charge < -0.3 is 24.7 Å². The number of nitriles is 1. The van der Waals surface area contributed by atoms with Gasteiger partial charge in [0.15, 0.2) is 5.78 Å². The van der Waals surface area contributed by atoms with Gasteiger partial charge in [0, 0.05) is 50.4 Å². The van der Waals surface area contributed by atoms with E-state index in [0.29, 0.717) is 5.56 Å². The molecule has 3 aliphatic rings. The van der Waals surface area contributed by atoms with Crippen LogP contribution in [0.3, 0.4) is 0 Å². The van der Waals surface area contributed by atoms with Gasteiger partial charge in [0.2, 0.25) is 5.88 Å². The summed E-state index contributed by atoms with van der Waals surface area (Å²) in [6.07, 6.45) is -1.53. The molecule has 1 aromatic carbocycles. The number of hydrogen-bond donors (Lipinski definition) is 2. The zero-order valence-electron chi connectivity index (χ0n) is 23.1. The quantitative estimate of drug-likeness (QED) is 0.462. The molecule has 13 nitrogen and oxygen atoms in total. The topological polar surface area (TPSA) is 193 Å². The van der Waals surface area contributed by atoms with E-state index in [1.165, 1.54) is 32.2 Å². The predicted molar refractivity (Wildman–Crippen MR) is 143 cm³/mol. The van der Waals surface area contributed by atoms with Gasteiger partial charge in [-0.2, -0.15) is 5.26 Å². The van der Waals surface area contributed by atoms with Crippen molar-refractivity contribution in [2.75, 3.05) is 6.61 Å². The molecule has 0 bridgehead atoms. The van der Waals surface area contributed by atoms with Crippen molar-refractivity contribution >= 4 is 17.7 Å². The number of esters is 2. The predicted octanol–water partition coefficient (Wildman–Crippen LogP) is 1.67. The normalized spacial score (nSPS) is 25.1. The monoisotopic (exact) mass is 594 g/mol. The molecule has 1 aromatic heterocycles. The Kier molecular flexibility index (Phi) is 8.01. The van der Waals surface area contributed by atoms with Gasteiger partial charge in [-0.1, -0.05) is 12.1 Å². The average Bonchev–Trinajstić information content (AvgIpc) is 3.33. The van der Waals surface area contributed by atoms with Gasteiger partial charge in [-0.15, -0.1) is 0 Å². The molecular formula is C29H27FN4O9. The van der Waals surface area contributed by atoms with E-state index in [9.17, 15) is 33.6 Å². The summed E-state index contributed by atoms with van der Waals surface area (Å²) in [7, 11) is 0. The molecule has 5 atom stereocenters. The third-order valence-electron chi connectivity index (χ3n) is 7.57. The number of aromatic amines is 1. The minimum Gasteiger partial charge on any atom is -0.463 e. The van der Waals surface area contributed by atoms with Gasteiger partial charge in [0.25, 0.3) is 5.56 Å². The van der Waals surface area contributed by atoms with Crippen LogP contribution in [0.5, 0.6) is 0 Å². The molecule has 2 aromatic rings. The first-order valence-electron chi connectivity index (χ1n) is 13.4. The number of carbonyl (C=O) groups excluding carboxylic acids is 3. The fourth-order valence-electron chi connectivity index (χ4n) is 5.67. The number of carbonyl (C=O) groups is 3. The molecular weight excluding hydrogens is 567 g/mol. The number of allylic oxidation sites excluding steroid dienone is 3. The lowest BCUT2D eigenvalue weighted by molar-refractivity contribution is -0.155. The van der Waals surface area contributed by atoms with Crippen molar-refractivity contribution in [3.8, 4) is 6.07 Å². The van der Waals surface area contributed by atoms with Gasteiger partial charge in [0.05, 0.1) is 5.92 Å². The van der Waals surface area contributed by atoms with Crippen LogP contribution >= 0.6 is 0 Å². The Hall–Kier alpha value is -5.03. The number of Topliss-reactive ketones (excluding diaryl/α,β-unsaturated/α-hetero) is 1. The molecule has 43 heavy (non-hydrogen) atoms. The van der Waals surface area contributed by atoms with E-state index in [1.807, 2.05) is 6.07 Å². The van der Waals surface area contributed by atoms with Crippen LogP contribution in [0.15, 0.2) is 62.8 Å². The second-order valence-electron chi connectivity index (χ2n) is 10.4. The van der Waals surface area contributed by atoms with Crippen LogP contribution < -0.4 is 17.0 Å². The molecule has 14 heteroatoms. The molecule has 224 valence electrons. The van der Waals surface area contributed by atoms with E-state index in [1.54, 1.807) is 12.1 Å². The minimum atomic E-state index is -1.26. The van der Waals surface area contributed by atoms with E-state index < -0.39 is 59.1 Å². The molecule has 1 aliphatic carbocycles. The fraction of sp³-hybridized carbons (Fsp3) is 0.379. The number of H-pyrrole nitrogens is 1. The van der Waals surface area contributed by atoms with Crippen molar-refractivity contribution in [1.82, 2.24) is 9.55 Å². The lowest BCUT2D eigenvalue weighted by Gasteiger charge is -2.33. The van der Waals surface area contributed by atoms with Crippen LogP contribution in [-0.2, 0) is 33.3 Å². The highest BCUT2D eigenvalue weighted by atomic mass is 19.1. The van der Waals surface area contributed by atoms with E-state index in [4.69, 9.17) is 24.7 Å². The third-order valence-corrected chi connectivity index (χ3v) is 7.57. The molecule has 0 radical (unpaired) electrons. The Labute approximate surface area is 243 Å². The average molecular weight is 595 g/mol. The minimum absolute atomic E-state index is 0.00584. The third kappa shape index (κ3) is 5.84. The standard InChI is InChI=1S/C29H27FN4O9/c1-13(35)40-12-23-21(41-14(2)36)9-24(42-23)34-11-19(28(38)33-29(34)39)25-18(10-31)27(32)43-22-8-16(7-20(37)26(22)25)15-3-5-17(30)6-4-15/h3-6,11,16,21,23-25H,7-9,12,32H2,1-2H3,(H,33,38,39)/t16?,21-,23+,24+,25?/m0/s1. The summed E-state index contributed by atoms with van der Waals surface area (Å²) < 4.78 is 36.5. The fourth-order valence-corrected chi connectivity index (χ4v) is 5.67. The second kappa shape index (κ2) is 11.7. The maximum Gasteiger partial charge on any atom is 0.330 e. The first kappa shape index (κ1) is 29.5. The van der Waals surface area contributed by atoms with Crippen molar-refractivity contribution in [2.45, 2.75) is 63.4 Å². The molecule has 3 N–H and O–H groups in total. The molecule has 2 unspecified atom stereocenters. The van der Waals surface area contributed by atoms with Crippen LogP contribution in [0, 0.1) is 17.1 Å². The maximum atomic E-state index is 13.6. The number of nitrogens with zero attached hydrogens (tertiary/aromatic N) is 2. The molecule has 5 rings (SSSR count). The Morgan fingerprint density at radius 3 is 2.53 bits per heavy atom. The largest absolute Gasteiger partial charge is 0.463 e. The highest BCUT2D eigenvalue weighted by Crippen LogP contribution is 2.46. The molecule has 2 aliphatic heterocycles. The van der Waals surface area contributed by atoms with E-state index in [2.05, 4.69) is 4.98 Å². The van der Waals surface area contributed by atoms with E-state index >= 15 is 0 Å². The number of ketones is 1. The van der Waals surface area contributed by atoms with Gasteiger partial charge in [0.1, 0.15) is 48.3 Å². The number of rotatable bonds is 6. The highest BCUT2D eigenvalue weighted by Gasteiger charge is 2.44. The zero-order valence-corrected chi connectivity index (χ0v) is 23.1. The summed E-state index contributed by atoms with van der Waals surface area (Å²) in [4.78, 5) is 65.0. The van der Waals surface area contributed by atoms with Crippen LogP contribution in [0.1, 0.15) is 62.3 Å². The summed E-state index contributed by atoms with van der Waals surface area (Å²) in [5.74, 6) is -3.80. The lowest BCUT2D eigenvalue weighted by Crippen LogP contribution is -2.38. The number of aromatic nitrogens is 2. The van der Waals surface area contributed by atoms with Crippen molar-refractivity contribution in [3.05, 3.63) is 91.0 Å². The second-order valence-corrected chi connectivity index (χ2v) is 10.4. The Bertz CT molecular complexity index is 1720. The van der Waals surface area contributed by atoms with Crippen LogP contribution in [0.4, 0.5) is 4.39 Å². The number of nitrogens with two attached hydrogens (primary N) is 1. The number of halogens is 1. The molecule has 0 spiro atoms. The van der Waals surface area contributed by atoms with Gasteiger partial charge in [-0.3, -0.25) is 28.7 Å². The van der Waals surface area contributed by atoms with E-state index in [-0.39, 0.29) is 60.1 Å². The summed E-state index contributed by atoms with van der Waals surface area (Å²) in [6, 6.07) is 7.63. The van der Waals surface area contributed by atoms with Crippen LogP contribution in [0.25, 0.3) is 0 Å². The smallest absolute Gasteiger partial charge is 0.330 e.